The lowest BCUT2D eigenvalue weighted by molar-refractivity contribution is 0.284. The second-order valence-corrected chi connectivity index (χ2v) is 6.69. The molecule has 0 atom stereocenters. The number of benzene rings is 2. The lowest BCUT2D eigenvalue weighted by Gasteiger charge is -2.14. The van der Waals surface area contributed by atoms with Crippen molar-refractivity contribution in [3.63, 3.8) is 0 Å². The smallest absolute Gasteiger partial charge is 0.214 e. The zero-order valence-corrected chi connectivity index (χ0v) is 16.7. The number of aromatic amines is 1. The van der Waals surface area contributed by atoms with Gasteiger partial charge in [0.2, 0.25) is 4.77 Å². The molecule has 0 aliphatic carbocycles. The summed E-state index contributed by atoms with van der Waals surface area (Å²) in [6.45, 7) is 3.04. The molecule has 6 nitrogen and oxygen atoms in total. The summed E-state index contributed by atoms with van der Waals surface area (Å²) < 4.78 is 13.7. The third kappa shape index (κ3) is 4.81. The molecule has 3 rings (SSSR count). The maximum Gasteiger partial charge on any atom is 0.214 e. The Balaban J connectivity index is 1.67. The van der Waals surface area contributed by atoms with Gasteiger partial charge in [0.05, 0.1) is 13.7 Å². The Kier molecular flexibility index (Phi) is 6.36. The minimum atomic E-state index is 0.440. The Bertz CT molecular complexity index is 953. The Morgan fingerprint density at radius 1 is 1.15 bits per heavy atom. The monoisotopic (exact) mass is 404 g/mol. The molecule has 0 aliphatic rings. The molecule has 3 aromatic rings. The summed E-state index contributed by atoms with van der Waals surface area (Å²) in [7, 11) is 1.63. The molecular formula is C19H21ClN4O2S. The SMILES string of the molecule is CCc1n[nH]c(=S)n1NCc1ccc(OCc2ccc(Cl)cc2)c(OC)c1. The van der Waals surface area contributed by atoms with E-state index >= 15 is 0 Å². The quantitative estimate of drug-likeness (QED) is 0.541. The fourth-order valence-corrected chi connectivity index (χ4v) is 2.92. The number of nitrogens with zero attached hydrogens (tertiary/aromatic N) is 2. The first-order chi connectivity index (χ1) is 13.1. The number of hydrogen-bond acceptors (Lipinski definition) is 5. The lowest BCUT2D eigenvalue weighted by Crippen LogP contribution is -2.17. The summed E-state index contributed by atoms with van der Waals surface area (Å²) in [5, 5.41) is 7.68. The van der Waals surface area contributed by atoms with E-state index in [1.165, 1.54) is 0 Å². The van der Waals surface area contributed by atoms with Crippen LogP contribution in [0.15, 0.2) is 42.5 Å². The first kappa shape index (κ1) is 19.3. The van der Waals surface area contributed by atoms with Gasteiger partial charge >= 0.3 is 0 Å². The van der Waals surface area contributed by atoms with Gasteiger partial charge < -0.3 is 14.9 Å². The summed E-state index contributed by atoms with van der Waals surface area (Å²) in [5.74, 6) is 2.22. The zero-order valence-electron chi connectivity index (χ0n) is 15.2. The van der Waals surface area contributed by atoms with Crippen LogP contribution >= 0.6 is 23.8 Å². The maximum absolute atomic E-state index is 5.91. The molecule has 0 spiro atoms. The van der Waals surface area contributed by atoms with Gasteiger partial charge in [0.1, 0.15) is 6.61 Å². The number of ether oxygens (including phenoxy) is 2. The highest BCUT2D eigenvalue weighted by atomic mass is 35.5. The van der Waals surface area contributed by atoms with Crippen molar-refractivity contribution in [3.8, 4) is 11.5 Å². The van der Waals surface area contributed by atoms with Crippen molar-refractivity contribution in [2.24, 2.45) is 0 Å². The molecule has 0 aliphatic heterocycles. The molecule has 0 saturated heterocycles. The number of aromatic nitrogens is 3. The second-order valence-electron chi connectivity index (χ2n) is 5.87. The van der Waals surface area contributed by atoms with Crippen LogP contribution in [0.5, 0.6) is 11.5 Å². The zero-order chi connectivity index (χ0) is 19.2. The van der Waals surface area contributed by atoms with Crippen LogP contribution in [0.4, 0.5) is 0 Å². The number of halogens is 1. The van der Waals surface area contributed by atoms with E-state index in [9.17, 15) is 0 Å². The van der Waals surface area contributed by atoms with Crippen molar-refractivity contribution < 1.29 is 9.47 Å². The molecule has 2 N–H and O–H groups in total. The lowest BCUT2D eigenvalue weighted by atomic mass is 10.2. The Morgan fingerprint density at radius 3 is 2.59 bits per heavy atom. The standard InChI is InChI=1S/C19H21ClN4O2S/c1-3-18-22-23-19(27)24(18)21-11-14-6-9-16(17(10-14)25-2)26-12-13-4-7-15(20)8-5-13/h4-10,21H,3,11-12H2,1-2H3,(H,23,27). The van der Waals surface area contributed by atoms with E-state index in [2.05, 4.69) is 15.6 Å². The van der Waals surface area contributed by atoms with E-state index in [1.54, 1.807) is 11.8 Å². The van der Waals surface area contributed by atoms with Gasteiger partial charge in [-0.2, -0.15) is 5.10 Å². The van der Waals surface area contributed by atoms with Crippen LogP contribution in [-0.4, -0.2) is 22.0 Å². The fourth-order valence-electron chi connectivity index (χ4n) is 2.58. The molecule has 142 valence electrons. The van der Waals surface area contributed by atoms with Gasteiger partial charge in [0.15, 0.2) is 17.3 Å². The van der Waals surface area contributed by atoms with E-state index in [4.69, 9.17) is 33.3 Å². The van der Waals surface area contributed by atoms with E-state index < -0.39 is 0 Å². The van der Waals surface area contributed by atoms with Crippen molar-refractivity contribution in [2.45, 2.75) is 26.5 Å². The summed E-state index contributed by atoms with van der Waals surface area (Å²) in [6, 6.07) is 13.4. The molecule has 0 fully saturated rings. The normalized spacial score (nSPS) is 10.6. The van der Waals surface area contributed by atoms with Gasteiger partial charge in [-0.3, -0.25) is 5.10 Å². The van der Waals surface area contributed by atoms with Gasteiger partial charge in [-0.25, -0.2) is 4.68 Å². The van der Waals surface area contributed by atoms with E-state index in [0.29, 0.717) is 34.4 Å². The number of rotatable bonds is 8. The third-order valence-corrected chi connectivity index (χ3v) is 4.56. The number of H-pyrrole nitrogens is 1. The van der Waals surface area contributed by atoms with Crippen LogP contribution in [-0.2, 0) is 19.6 Å². The molecule has 1 heterocycles. The number of nitrogens with one attached hydrogen (secondary N) is 2. The van der Waals surface area contributed by atoms with Crippen molar-refractivity contribution in [3.05, 3.63) is 69.2 Å². The van der Waals surface area contributed by atoms with Crippen molar-refractivity contribution in [2.75, 3.05) is 12.5 Å². The first-order valence-corrected chi connectivity index (χ1v) is 9.33. The minimum absolute atomic E-state index is 0.440. The molecule has 8 heteroatoms. The molecule has 1 aromatic heterocycles. The summed E-state index contributed by atoms with van der Waals surface area (Å²) in [5.41, 5.74) is 5.35. The van der Waals surface area contributed by atoms with Crippen LogP contribution in [0.3, 0.4) is 0 Å². The van der Waals surface area contributed by atoms with E-state index in [1.807, 2.05) is 49.4 Å². The summed E-state index contributed by atoms with van der Waals surface area (Å²) >= 11 is 11.2. The topological polar surface area (TPSA) is 64.1 Å². The van der Waals surface area contributed by atoms with E-state index in [0.717, 1.165) is 23.4 Å². The van der Waals surface area contributed by atoms with Crippen molar-refractivity contribution in [1.82, 2.24) is 14.9 Å². The molecule has 27 heavy (non-hydrogen) atoms. The van der Waals surface area contributed by atoms with Crippen LogP contribution in [0.25, 0.3) is 0 Å². The highest BCUT2D eigenvalue weighted by Crippen LogP contribution is 2.29. The van der Waals surface area contributed by atoms with Crippen LogP contribution in [0.2, 0.25) is 5.02 Å². The van der Waals surface area contributed by atoms with Gasteiger partial charge in [-0.1, -0.05) is 36.7 Å². The minimum Gasteiger partial charge on any atom is -0.493 e. The third-order valence-electron chi connectivity index (χ3n) is 4.03. The van der Waals surface area contributed by atoms with Crippen LogP contribution in [0.1, 0.15) is 23.9 Å². The number of aryl methyl sites for hydroxylation is 1. The second kappa shape index (κ2) is 8.92. The first-order valence-electron chi connectivity index (χ1n) is 8.55. The molecule has 2 aromatic carbocycles. The highest BCUT2D eigenvalue weighted by Gasteiger charge is 2.08. The van der Waals surface area contributed by atoms with Gasteiger partial charge in [0.25, 0.3) is 0 Å². The van der Waals surface area contributed by atoms with Gasteiger partial charge in [-0.05, 0) is 47.6 Å². The van der Waals surface area contributed by atoms with Gasteiger partial charge in [-0.15, -0.1) is 0 Å². The summed E-state index contributed by atoms with van der Waals surface area (Å²) in [4.78, 5) is 0. The average molecular weight is 405 g/mol. The molecule has 0 saturated carbocycles. The van der Waals surface area contributed by atoms with Gasteiger partial charge in [0, 0.05) is 11.4 Å². The number of hydrogen-bond donors (Lipinski definition) is 2. The van der Waals surface area contributed by atoms with Crippen molar-refractivity contribution in [1.29, 1.82) is 0 Å². The molecular weight excluding hydrogens is 384 g/mol. The highest BCUT2D eigenvalue weighted by molar-refractivity contribution is 7.71. The molecule has 0 amide bonds. The molecule has 0 bridgehead atoms. The Labute approximate surface area is 168 Å². The average Bonchev–Trinajstić information content (AvgIpc) is 3.05. The predicted octanol–water partition coefficient (Wildman–Crippen LogP) is 4.49. The van der Waals surface area contributed by atoms with E-state index in [-0.39, 0.29) is 0 Å². The fraction of sp³-hybridized carbons (Fsp3) is 0.263. The summed E-state index contributed by atoms with van der Waals surface area (Å²) in [6.07, 6.45) is 0.779. The number of methoxy groups -OCH3 is 1. The molecule has 0 radical (unpaired) electrons. The predicted molar refractivity (Wildman–Crippen MR) is 109 cm³/mol. The molecule has 0 unspecified atom stereocenters. The Hall–Kier alpha value is -2.51. The van der Waals surface area contributed by atoms with Crippen molar-refractivity contribution >= 4 is 23.8 Å². The van der Waals surface area contributed by atoms with Crippen LogP contribution < -0.4 is 14.9 Å². The Morgan fingerprint density at radius 2 is 1.89 bits per heavy atom. The largest absolute Gasteiger partial charge is 0.493 e. The van der Waals surface area contributed by atoms with Crippen LogP contribution in [0, 0.1) is 4.77 Å². The maximum atomic E-state index is 5.91.